The molecule has 1 aromatic rings. The Morgan fingerprint density at radius 3 is 2.72 bits per heavy atom. The van der Waals surface area contributed by atoms with E-state index in [0.717, 1.165) is 37.0 Å². The van der Waals surface area contributed by atoms with Crippen LogP contribution in [0.3, 0.4) is 0 Å². The maximum absolute atomic E-state index is 11.8. The number of urea groups is 1. The van der Waals surface area contributed by atoms with Crippen LogP contribution in [0.2, 0.25) is 0 Å². The smallest absolute Gasteiger partial charge is 0.321 e. The quantitative estimate of drug-likeness (QED) is 0.765. The van der Waals surface area contributed by atoms with E-state index >= 15 is 0 Å². The molecule has 0 aliphatic carbocycles. The van der Waals surface area contributed by atoms with E-state index in [1.54, 1.807) is 4.90 Å². The fourth-order valence-electron chi connectivity index (χ4n) is 2.54. The van der Waals surface area contributed by atoms with Gasteiger partial charge in [-0.05, 0) is 29.7 Å². The molecule has 3 rings (SSSR count). The fraction of sp³-hybridized carbons (Fsp3) is 0.385. The summed E-state index contributed by atoms with van der Waals surface area (Å²) in [6.07, 6.45) is 1.73. The zero-order valence-corrected chi connectivity index (χ0v) is 10.0. The highest BCUT2D eigenvalue weighted by Gasteiger charge is 2.23. The lowest BCUT2D eigenvalue weighted by Crippen LogP contribution is -2.46. The lowest BCUT2D eigenvalue weighted by molar-refractivity contribution is 0.112. The summed E-state index contributed by atoms with van der Waals surface area (Å²) in [4.78, 5) is 24.7. The summed E-state index contributed by atoms with van der Waals surface area (Å²) >= 11 is 0. The number of rotatable bonds is 2. The number of nitrogens with one attached hydrogen (secondary N) is 2. The molecule has 1 fully saturated rings. The highest BCUT2D eigenvalue weighted by Crippen LogP contribution is 2.27. The van der Waals surface area contributed by atoms with Crippen LogP contribution in [-0.2, 0) is 13.1 Å². The van der Waals surface area contributed by atoms with Gasteiger partial charge in [0.2, 0.25) is 0 Å². The van der Waals surface area contributed by atoms with Crippen LogP contribution in [0.25, 0.3) is 0 Å². The molecule has 2 N–H and O–H groups in total. The number of hydrogen-bond acceptors (Lipinski definition) is 3. The van der Waals surface area contributed by atoms with E-state index in [9.17, 15) is 9.59 Å². The number of anilines is 1. The highest BCUT2D eigenvalue weighted by atomic mass is 16.2. The van der Waals surface area contributed by atoms with Crippen molar-refractivity contribution in [3.8, 4) is 0 Å². The van der Waals surface area contributed by atoms with Gasteiger partial charge in [-0.3, -0.25) is 9.69 Å². The first-order chi connectivity index (χ1) is 8.79. The van der Waals surface area contributed by atoms with E-state index in [4.69, 9.17) is 0 Å². The van der Waals surface area contributed by atoms with Gasteiger partial charge < -0.3 is 10.6 Å². The molecule has 94 valence electrons. The summed E-state index contributed by atoms with van der Waals surface area (Å²) in [5, 5.41) is 6.05. The molecule has 1 saturated heterocycles. The molecule has 0 unspecified atom stereocenters. The van der Waals surface area contributed by atoms with E-state index < -0.39 is 0 Å². The van der Waals surface area contributed by atoms with Crippen molar-refractivity contribution in [1.82, 2.24) is 10.6 Å². The summed E-state index contributed by atoms with van der Waals surface area (Å²) < 4.78 is 0. The van der Waals surface area contributed by atoms with E-state index in [0.29, 0.717) is 18.7 Å². The minimum atomic E-state index is -0.116. The predicted molar refractivity (Wildman–Crippen MR) is 67.7 cm³/mol. The molecule has 1 aromatic carbocycles. The number of hydrogen-bond donors (Lipinski definition) is 2. The monoisotopic (exact) mass is 245 g/mol. The summed E-state index contributed by atoms with van der Waals surface area (Å²) in [5.41, 5.74) is 3.64. The van der Waals surface area contributed by atoms with Gasteiger partial charge in [-0.25, -0.2) is 4.79 Å². The van der Waals surface area contributed by atoms with Gasteiger partial charge in [0, 0.05) is 31.7 Å². The third-order valence-electron chi connectivity index (χ3n) is 3.48. The topological polar surface area (TPSA) is 61.4 Å². The van der Waals surface area contributed by atoms with Crippen LogP contribution in [-0.4, -0.2) is 25.4 Å². The van der Waals surface area contributed by atoms with Crippen LogP contribution in [0, 0.1) is 0 Å². The van der Waals surface area contributed by atoms with E-state index in [-0.39, 0.29) is 6.03 Å². The predicted octanol–water partition coefficient (Wildman–Crippen LogP) is 1.02. The largest absolute Gasteiger partial charge is 0.338 e. The Morgan fingerprint density at radius 2 is 2.00 bits per heavy atom. The summed E-state index contributed by atoms with van der Waals surface area (Å²) in [6.45, 7) is 2.97. The molecule has 5 nitrogen and oxygen atoms in total. The number of fused-ring (bicyclic) bond motifs is 1. The van der Waals surface area contributed by atoms with Gasteiger partial charge in [-0.2, -0.15) is 0 Å². The first-order valence-electron chi connectivity index (χ1n) is 6.16. The molecule has 0 radical (unpaired) electrons. The van der Waals surface area contributed by atoms with Gasteiger partial charge in [0.15, 0.2) is 6.29 Å². The van der Waals surface area contributed by atoms with E-state index in [1.807, 2.05) is 12.1 Å². The third-order valence-corrected chi connectivity index (χ3v) is 3.48. The summed E-state index contributed by atoms with van der Waals surface area (Å²) in [7, 11) is 0. The standard InChI is InChI=1S/C13H15N3O2/c17-8-11-4-9-6-14-7-10(9)5-12(11)16-3-1-2-15-13(16)18/h4-5,8,14H,1-3,6-7H2,(H,15,18). The number of aldehydes is 1. The minimum Gasteiger partial charge on any atom is -0.338 e. The second kappa shape index (κ2) is 4.42. The second-order valence-corrected chi connectivity index (χ2v) is 4.64. The van der Waals surface area contributed by atoms with Crippen molar-refractivity contribution < 1.29 is 9.59 Å². The van der Waals surface area contributed by atoms with Gasteiger partial charge in [0.05, 0.1) is 5.69 Å². The molecule has 2 aliphatic rings. The number of nitrogens with zero attached hydrogens (tertiary/aromatic N) is 1. The van der Waals surface area contributed by atoms with Gasteiger partial charge in [-0.15, -0.1) is 0 Å². The van der Waals surface area contributed by atoms with Gasteiger partial charge in [0.1, 0.15) is 0 Å². The number of carbonyl (C=O) groups excluding carboxylic acids is 2. The van der Waals surface area contributed by atoms with E-state index in [1.165, 1.54) is 5.56 Å². The highest BCUT2D eigenvalue weighted by molar-refractivity contribution is 5.98. The molecule has 0 bridgehead atoms. The van der Waals surface area contributed by atoms with Gasteiger partial charge in [0.25, 0.3) is 0 Å². The molecule has 0 atom stereocenters. The van der Waals surface area contributed by atoms with Crippen LogP contribution >= 0.6 is 0 Å². The van der Waals surface area contributed by atoms with Crippen molar-refractivity contribution in [3.05, 3.63) is 28.8 Å². The van der Waals surface area contributed by atoms with Crippen LogP contribution in [0.1, 0.15) is 27.9 Å². The molecular formula is C13H15N3O2. The number of carbonyl (C=O) groups is 2. The average Bonchev–Trinajstić information content (AvgIpc) is 2.85. The van der Waals surface area contributed by atoms with Crippen LogP contribution in [0.5, 0.6) is 0 Å². The molecule has 0 saturated carbocycles. The van der Waals surface area contributed by atoms with Crippen molar-refractivity contribution in [2.75, 3.05) is 18.0 Å². The Balaban J connectivity index is 2.04. The van der Waals surface area contributed by atoms with Crippen LogP contribution in [0.4, 0.5) is 10.5 Å². The second-order valence-electron chi connectivity index (χ2n) is 4.64. The Bertz CT molecular complexity index is 513. The fourth-order valence-corrected chi connectivity index (χ4v) is 2.54. The van der Waals surface area contributed by atoms with Crippen molar-refractivity contribution in [2.24, 2.45) is 0 Å². The first kappa shape index (κ1) is 11.2. The Labute approximate surface area is 105 Å². The zero-order chi connectivity index (χ0) is 12.5. The Kier molecular flexibility index (Phi) is 2.76. The number of amides is 2. The Morgan fingerprint density at radius 1 is 1.22 bits per heavy atom. The maximum Gasteiger partial charge on any atom is 0.321 e. The molecule has 0 aromatic heterocycles. The molecule has 5 heteroatoms. The van der Waals surface area contributed by atoms with E-state index in [2.05, 4.69) is 10.6 Å². The van der Waals surface area contributed by atoms with Crippen LogP contribution < -0.4 is 15.5 Å². The average molecular weight is 245 g/mol. The van der Waals surface area contributed by atoms with Crippen LogP contribution in [0.15, 0.2) is 12.1 Å². The molecule has 0 spiro atoms. The minimum absolute atomic E-state index is 0.116. The Hall–Kier alpha value is -1.88. The van der Waals surface area contributed by atoms with Gasteiger partial charge in [-0.1, -0.05) is 0 Å². The summed E-state index contributed by atoms with van der Waals surface area (Å²) in [5.74, 6) is 0. The third kappa shape index (κ3) is 1.76. The molecule has 2 aliphatic heterocycles. The molecular weight excluding hydrogens is 230 g/mol. The SMILES string of the molecule is O=Cc1cc2c(cc1N1CCCNC1=O)CNC2. The molecule has 18 heavy (non-hydrogen) atoms. The maximum atomic E-state index is 11.8. The molecule has 2 amide bonds. The lowest BCUT2D eigenvalue weighted by atomic mass is 10.0. The van der Waals surface area contributed by atoms with Crippen molar-refractivity contribution in [2.45, 2.75) is 19.5 Å². The lowest BCUT2D eigenvalue weighted by Gasteiger charge is -2.28. The van der Waals surface area contributed by atoms with Crippen molar-refractivity contribution >= 4 is 18.0 Å². The number of benzene rings is 1. The zero-order valence-electron chi connectivity index (χ0n) is 10.0. The van der Waals surface area contributed by atoms with Gasteiger partial charge >= 0.3 is 6.03 Å². The summed E-state index contributed by atoms with van der Waals surface area (Å²) in [6, 6.07) is 3.74. The van der Waals surface area contributed by atoms with Crippen molar-refractivity contribution in [1.29, 1.82) is 0 Å². The first-order valence-corrected chi connectivity index (χ1v) is 6.16. The normalized spacial score (nSPS) is 18.4. The van der Waals surface area contributed by atoms with Crippen molar-refractivity contribution in [3.63, 3.8) is 0 Å². The molecule has 2 heterocycles.